The highest BCUT2D eigenvalue weighted by Gasteiger charge is 2.19. The number of nitrogens with two attached hydrogens (primary N) is 1. The lowest BCUT2D eigenvalue weighted by Crippen LogP contribution is -2.36. The number of ether oxygens (including phenoxy) is 1. The number of aromatic nitrogens is 3. The van der Waals surface area contributed by atoms with Gasteiger partial charge in [-0.05, 0) is 18.1 Å². The lowest BCUT2D eigenvalue weighted by atomic mass is 9.99. The van der Waals surface area contributed by atoms with Gasteiger partial charge in [-0.1, -0.05) is 24.3 Å². The zero-order valence-electron chi connectivity index (χ0n) is 11.7. The van der Waals surface area contributed by atoms with Crippen molar-refractivity contribution in [2.75, 3.05) is 12.8 Å². The van der Waals surface area contributed by atoms with Crippen molar-refractivity contribution in [3.05, 3.63) is 42.0 Å². The Morgan fingerprint density at radius 2 is 1.95 bits per heavy atom. The van der Waals surface area contributed by atoms with Crippen molar-refractivity contribution in [1.82, 2.24) is 10.1 Å². The van der Waals surface area contributed by atoms with Gasteiger partial charge in [0.15, 0.2) is 5.52 Å². The molecule has 0 amide bonds. The molecule has 0 unspecified atom stereocenters. The number of fused-ring (bicyclic) bond motifs is 1. The van der Waals surface area contributed by atoms with Crippen LogP contribution in [0.15, 0.2) is 36.4 Å². The molecule has 21 heavy (non-hydrogen) atoms. The fourth-order valence-corrected chi connectivity index (χ4v) is 2.36. The highest BCUT2D eigenvalue weighted by Crippen LogP contribution is 2.34. The minimum Gasteiger partial charge on any atom is -0.496 e. The molecular weight excluding hydrogens is 268 g/mol. The van der Waals surface area contributed by atoms with Crippen molar-refractivity contribution >= 4 is 17.0 Å². The van der Waals surface area contributed by atoms with E-state index in [0.29, 0.717) is 16.8 Å². The molecule has 6 heteroatoms. The van der Waals surface area contributed by atoms with Gasteiger partial charge in [-0.25, -0.2) is 4.98 Å². The molecule has 0 radical (unpaired) electrons. The number of aryl methyl sites for hydroxylation is 1. The van der Waals surface area contributed by atoms with Crippen LogP contribution in [-0.2, 0) is 0 Å². The van der Waals surface area contributed by atoms with Crippen molar-refractivity contribution < 1.29 is 14.8 Å². The summed E-state index contributed by atoms with van der Waals surface area (Å²) in [5.41, 5.74) is 9.51. The molecule has 0 fully saturated rings. The van der Waals surface area contributed by atoms with E-state index in [-0.39, 0.29) is 5.95 Å². The summed E-state index contributed by atoms with van der Waals surface area (Å²) in [6.07, 6.45) is 0. The lowest BCUT2D eigenvalue weighted by Gasteiger charge is -2.10. The Labute approximate surface area is 121 Å². The standard InChI is InChI=1S/C15H15N4O2/c1-9-5-3-4-6-10(9)11-7-13-12(8-14(11)21-2)17-15(16)18-19(13)20/h3-8H,1-2H3,(H3,16,17,18,20)/q+1. The minimum atomic E-state index is -0.00399. The van der Waals surface area contributed by atoms with Gasteiger partial charge in [-0.15, -0.1) is 0 Å². The highest BCUT2D eigenvalue weighted by molar-refractivity contribution is 5.85. The molecule has 3 N–H and O–H groups in total. The van der Waals surface area contributed by atoms with Crippen LogP contribution < -0.4 is 15.3 Å². The van der Waals surface area contributed by atoms with E-state index in [9.17, 15) is 5.21 Å². The van der Waals surface area contributed by atoms with E-state index in [1.54, 1.807) is 19.2 Å². The lowest BCUT2D eigenvalue weighted by molar-refractivity contribution is -0.928. The number of hydrogen-bond acceptors (Lipinski definition) is 5. The fourth-order valence-electron chi connectivity index (χ4n) is 2.36. The van der Waals surface area contributed by atoms with E-state index in [0.717, 1.165) is 21.5 Å². The second kappa shape index (κ2) is 4.90. The Kier molecular flexibility index (Phi) is 3.06. The van der Waals surface area contributed by atoms with Crippen LogP contribution in [0.3, 0.4) is 0 Å². The maximum Gasteiger partial charge on any atom is 0.315 e. The Hall–Kier alpha value is -2.89. The zero-order chi connectivity index (χ0) is 15.0. The minimum absolute atomic E-state index is 0.00399. The van der Waals surface area contributed by atoms with Crippen LogP contribution in [-0.4, -0.2) is 22.4 Å². The number of methoxy groups -OCH3 is 1. The number of rotatable bonds is 2. The van der Waals surface area contributed by atoms with Crippen LogP contribution in [0.4, 0.5) is 5.95 Å². The van der Waals surface area contributed by atoms with Gasteiger partial charge in [0.25, 0.3) is 5.95 Å². The van der Waals surface area contributed by atoms with Crippen molar-refractivity contribution in [3.63, 3.8) is 0 Å². The third-order valence-electron chi connectivity index (χ3n) is 3.38. The van der Waals surface area contributed by atoms with Gasteiger partial charge in [0.1, 0.15) is 10.6 Å². The molecule has 6 nitrogen and oxygen atoms in total. The summed E-state index contributed by atoms with van der Waals surface area (Å²) >= 11 is 0. The summed E-state index contributed by atoms with van der Waals surface area (Å²) in [6, 6.07) is 11.5. The van der Waals surface area contributed by atoms with E-state index in [1.807, 2.05) is 31.2 Å². The maximum atomic E-state index is 9.90. The number of anilines is 1. The monoisotopic (exact) mass is 283 g/mol. The first-order valence-corrected chi connectivity index (χ1v) is 6.43. The third kappa shape index (κ3) is 2.20. The summed E-state index contributed by atoms with van der Waals surface area (Å²) in [7, 11) is 1.60. The molecule has 1 aromatic heterocycles. The molecule has 0 spiro atoms. The number of benzene rings is 2. The first-order valence-electron chi connectivity index (χ1n) is 6.43. The van der Waals surface area contributed by atoms with Gasteiger partial charge >= 0.3 is 5.52 Å². The van der Waals surface area contributed by atoms with E-state index >= 15 is 0 Å². The second-order valence-electron chi connectivity index (χ2n) is 4.72. The van der Waals surface area contributed by atoms with Crippen LogP contribution in [0.5, 0.6) is 5.75 Å². The Morgan fingerprint density at radius 1 is 1.19 bits per heavy atom. The molecule has 3 rings (SSSR count). The number of hydrogen-bond donors (Lipinski definition) is 2. The Bertz CT molecular complexity index is 833. The summed E-state index contributed by atoms with van der Waals surface area (Å²) < 4.78 is 5.45. The van der Waals surface area contributed by atoms with Gasteiger partial charge < -0.3 is 10.5 Å². The summed E-state index contributed by atoms with van der Waals surface area (Å²) in [6.45, 7) is 2.02. The van der Waals surface area contributed by atoms with Crippen LogP contribution >= 0.6 is 0 Å². The van der Waals surface area contributed by atoms with Crippen molar-refractivity contribution in [2.24, 2.45) is 0 Å². The summed E-state index contributed by atoms with van der Waals surface area (Å²) in [5.74, 6) is 0.658. The van der Waals surface area contributed by atoms with Gasteiger partial charge in [-0.2, -0.15) is 0 Å². The second-order valence-corrected chi connectivity index (χ2v) is 4.72. The molecular formula is C15H15N4O2+. The normalized spacial score (nSPS) is 10.8. The first kappa shape index (κ1) is 13.1. The van der Waals surface area contributed by atoms with Crippen LogP contribution in [0.1, 0.15) is 5.56 Å². The van der Waals surface area contributed by atoms with E-state index in [4.69, 9.17) is 10.5 Å². The highest BCUT2D eigenvalue weighted by atomic mass is 16.5. The van der Waals surface area contributed by atoms with E-state index < -0.39 is 0 Å². The third-order valence-corrected chi connectivity index (χ3v) is 3.38. The molecule has 0 aliphatic carbocycles. The molecule has 0 aliphatic rings. The molecule has 3 aromatic rings. The van der Waals surface area contributed by atoms with Crippen molar-refractivity contribution in [2.45, 2.75) is 6.92 Å². The predicted molar refractivity (Wildman–Crippen MR) is 78.1 cm³/mol. The molecule has 0 saturated heterocycles. The van der Waals surface area contributed by atoms with E-state index in [1.165, 1.54) is 0 Å². The maximum absolute atomic E-state index is 9.90. The van der Waals surface area contributed by atoms with Crippen molar-refractivity contribution in [3.8, 4) is 16.9 Å². The Balaban J connectivity index is 2.35. The largest absolute Gasteiger partial charge is 0.496 e. The summed E-state index contributed by atoms with van der Waals surface area (Å²) in [5, 5.41) is 13.6. The molecule has 0 aliphatic heterocycles. The topological polar surface area (TPSA) is 85.1 Å². The number of nitrogen functional groups attached to an aromatic ring is 1. The van der Waals surface area contributed by atoms with Gasteiger partial charge in [0.05, 0.1) is 12.2 Å². The van der Waals surface area contributed by atoms with Crippen molar-refractivity contribution in [1.29, 1.82) is 0 Å². The molecule has 1 heterocycles. The Morgan fingerprint density at radius 3 is 2.67 bits per heavy atom. The van der Waals surface area contributed by atoms with Gasteiger partial charge in [0.2, 0.25) is 0 Å². The van der Waals surface area contributed by atoms with Crippen LogP contribution in [0.25, 0.3) is 22.2 Å². The van der Waals surface area contributed by atoms with Crippen LogP contribution in [0, 0.1) is 6.92 Å². The zero-order valence-corrected chi connectivity index (χ0v) is 11.7. The molecule has 0 atom stereocenters. The number of nitrogens with zero attached hydrogens (tertiary/aromatic N) is 3. The molecule has 106 valence electrons. The smallest absolute Gasteiger partial charge is 0.315 e. The first-order chi connectivity index (χ1) is 10.1. The molecule has 2 aromatic carbocycles. The predicted octanol–water partition coefficient (Wildman–Crippen LogP) is 1.72. The molecule has 0 bridgehead atoms. The van der Waals surface area contributed by atoms with E-state index in [2.05, 4.69) is 10.1 Å². The van der Waals surface area contributed by atoms with Gasteiger partial charge in [0, 0.05) is 17.7 Å². The van der Waals surface area contributed by atoms with Crippen LogP contribution in [0.2, 0.25) is 0 Å². The quantitative estimate of drug-likeness (QED) is 0.552. The average Bonchev–Trinajstić information content (AvgIpc) is 2.46. The SMILES string of the molecule is COc1cc2nc(N)n[n+](O)c2cc1-c1ccccc1C. The average molecular weight is 283 g/mol. The molecule has 0 saturated carbocycles. The van der Waals surface area contributed by atoms with Gasteiger partial charge in [-0.3, -0.25) is 5.21 Å². The summed E-state index contributed by atoms with van der Waals surface area (Å²) in [4.78, 5) is 4.84. The fraction of sp³-hybridized carbons (Fsp3) is 0.133.